The van der Waals surface area contributed by atoms with Crippen molar-refractivity contribution in [1.29, 1.82) is 0 Å². The summed E-state index contributed by atoms with van der Waals surface area (Å²) in [5.74, 6) is -0.741. The van der Waals surface area contributed by atoms with E-state index in [-0.39, 0.29) is 41.5 Å². The lowest BCUT2D eigenvalue weighted by molar-refractivity contribution is 0.0272. The number of fused-ring (bicyclic) bond motifs is 1. The van der Waals surface area contributed by atoms with E-state index in [4.69, 9.17) is 10.5 Å². The highest BCUT2D eigenvalue weighted by atomic mass is 19.1. The number of benzene rings is 2. The number of amides is 1. The van der Waals surface area contributed by atoms with Crippen LogP contribution in [0, 0.1) is 5.95 Å². The lowest BCUT2D eigenvalue weighted by Crippen LogP contribution is -2.48. The number of piperazine rings is 1. The van der Waals surface area contributed by atoms with Crippen molar-refractivity contribution in [2.75, 3.05) is 45.1 Å². The van der Waals surface area contributed by atoms with Crippen LogP contribution in [0.5, 0.6) is 0 Å². The zero-order valence-corrected chi connectivity index (χ0v) is 28.9. The van der Waals surface area contributed by atoms with Crippen molar-refractivity contribution < 1.29 is 19.0 Å². The van der Waals surface area contributed by atoms with Crippen LogP contribution in [0.4, 0.5) is 10.2 Å². The van der Waals surface area contributed by atoms with Gasteiger partial charge in [0.05, 0.1) is 30.9 Å². The lowest BCUT2D eigenvalue weighted by atomic mass is 9.85. The number of nitrogens with zero attached hydrogens (tertiary/aromatic N) is 4. The Hall–Kier alpha value is -4.22. The Kier molecular flexibility index (Phi) is 9.97. The fraction of sp³-hybridized carbons (Fsp3) is 0.425. The number of carbonyl (C=O) groups is 1. The third kappa shape index (κ3) is 7.30. The number of aliphatic hydroxyl groups excluding tert-OH is 1. The van der Waals surface area contributed by atoms with Gasteiger partial charge in [-0.2, -0.15) is 4.39 Å². The molecule has 4 aromatic rings. The Balaban J connectivity index is 0.967. The van der Waals surface area contributed by atoms with E-state index in [0.717, 1.165) is 64.0 Å². The van der Waals surface area contributed by atoms with Crippen molar-refractivity contribution in [1.82, 2.24) is 25.1 Å². The first-order valence-corrected chi connectivity index (χ1v) is 17.8. The molecular weight excluding hydrogens is 631 g/mol. The standard InChI is InChI=1S/C40H47FN6O3/c1-40(2)22-35(47-16-14-46(15-17-47)18-19-48)31-12-10-28(21-33(31)40)27-8-6-26(7-9-27)25-50-36-5-3-4-34(36)45-39(49)32-20-30(24-44-38(32)42)29-11-13-37(41)43-23-29/h6-13,20-21,23-24,34-36,48H,3-5,14-19,22,25H2,1-2H3,(H2,42,44)(H,45,49)/t34-,35+,36-/m0/s1. The average molecular weight is 679 g/mol. The number of carbonyl (C=O) groups excluding carboxylic acids is 1. The summed E-state index contributed by atoms with van der Waals surface area (Å²) in [7, 11) is 0. The first-order valence-electron chi connectivity index (χ1n) is 17.8. The number of halogens is 1. The molecule has 4 N–H and O–H groups in total. The van der Waals surface area contributed by atoms with Gasteiger partial charge in [0.15, 0.2) is 0 Å². The first-order chi connectivity index (χ1) is 24.2. The van der Waals surface area contributed by atoms with Crippen molar-refractivity contribution in [3.63, 3.8) is 0 Å². The minimum absolute atomic E-state index is 0.102. The van der Waals surface area contributed by atoms with Gasteiger partial charge in [-0.05, 0) is 77.1 Å². The summed E-state index contributed by atoms with van der Waals surface area (Å²) in [6.07, 6.45) is 6.61. The van der Waals surface area contributed by atoms with E-state index in [1.54, 1.807) is 18.3 Å². The number of rotatable bonds is 10. The van der Waals surface area contributed by atoms with Gasteiger partial charge >= 0.3 is 0 Å². The fourth-order valence-electron chi connectivity index (χ4n) is 7.98. The minimum Gasteiger partial charge on any atom is -0.395 e. The summed E-state index contributed by atoms with van der Waals surface area (Å²) in [6, 6.07) is 20.4. The topological polar surface area (TPSA) is 117 Å². The minimum atomic E-state index is -0.572. The van der Waals surface area contributed by atoms with E-state index in [1.807, 2.05) is 0 Å². The van der Waals surface area contributed by atoms with Gasteiger partial charge in [-0.15, -0.1) is 0 Å². The van der Waals surface area contributed by atoms with Crippen LogP contribution in [0.2, 0.25) is 0 Å². The molecular formula is C40H47FN6O3. The Morgan fingerprint density at radius 1 is 0.960 bits per heavy atom. The highest BCUT2D eigenvalue weighted by Gasteiger charge is 2.40. The number of nitrogen functional groups attached to an aromatic ring is 1. The zero-order chi connectivity index (χ0) is 34.8. The van der Waals surface area contributed by atoms with E-state index in [0.29, 0.717) is 23.8 Å². The number of nitrogens with two attached hydrogens (primary N) is 1. The van der Waals surface area contributed by atoms with E-state index < -0.39 is 5.95 Å². The number of hydrogen-bond acceptors (Lipinski definition) is 8. The first kappa shape index (κ1) is 34.2. The van der Waals surface area contributed by atoms with Gasteiger partial charge in [0.2, 0.25) is 5.95 Å². The molecule has 0 radical (unpaired) electrons. The normalized spacial score (nSPS) is 22.0. The highest BCUT2D eigenvalue weighted by Crippen LogP contribution is 2.48. The van der Waals surface area contributed by atoms with Gasteiger partial charge in [0.25, 0.3) is 5.91 Å². The molecule has 1 saturated heterocycles. The molecule has 1 amide bonds. The van der Waals surface area contributed by atoms with E-state index >= 15 is 0 Å². The molecule has 2 aromatic carbocycles. The van der Waals surface area contributed by atoms with Crippen molar-refractivity contribution in [2.24, 2.45) is 0 Å². The Labute approximate surface area is 293 Å². The van der Waals surface area contributed by atoms with Crippen LogP contribution in [-0.4, -0.2) is 82.3 Å². The number of anilines is 1. The van der Waals surface area contributed by atoms with Crippen LogP contribution in [0.3, 0.4) is 0 Å². The smallest absolute Gasteiger partial charge is 0.255 e. The lowest BCUT2D eigenvalue weighted by Gasteiger charge is -2.38. The molecule has 0 spiro atoms. The summed E-state index contributed by atoms with van der Waals surface area (Å²) >= 11 is 0. The molecule has 0 unspecified atom stereocenters. The molecule has 10 heteroatoms. The predicted octanol–water partition coefficient (Wildman–Crippen LogP) is 5.73. The van der Waals surface area contributed by atoms with E-state index in [2.05, 4.69) is 81.4 Å². The van der Waals surface area contributed by atoms with Crippen LogP contribution >= 0.6 is 0 Å². The Morgan fingerprint density at radius 2 is 1.70 bits per heavy atom. The monoisotopic (exact) mass is 678 g/mol. The summed E-state index contributed by atoms with van der Waals surface area (Å²) in [6.45, 7) is 10.3. The Morgan fingerprint density at radius 3 is 2.44 bits per heavy atom. The molecule has 3 atom stereocenters. The predicted molar refractivity (Wildman–Crippen MR) is 193 cm³/mol. The van der Waals surface area contributed by atoms with Crippen molar-refractivity contribution in [3.05, 3.63) is 101 Å². The maximum absolute atomic E-state index is 13.3. The third-order valence-electron chi connectivity index (χ3n) is 10.9. The molecule has 2 aromatic heterocycles. The number of aromatic nitrogens is 2. The number of aliphatic hydroxyl groups is 1. The molecule has 1 aliphatic heterocycles. The number of β-amino-alcohol motifs (C(OH)–C–C–N with tert-alkyl or cyclic N) is 1. The molecule has 3 aliphatic rings. The van der Waals surface area contributed by atoms with E-state index in [1.165, 1.54) is 34.5 Å². The van der Waals surface area contributed by atoms with Gasteiger partial charge in [-0.3, -0.25) is 14.6 Å². The van der Waals surface area contributed by atoms with Crippen LogP contribution in [0.1, 0.15) is 72.6 Å². The maximum Gasteiger partial charge on any atom is 0.255 e. The summed E-state index contributed by atoms with van der Waals surface area (Å²) in [5, 5.41) is 12.5. The highest BCUT2D eigenvalue weighted by molar-refractivity contribution is 5.99. The summed E-state index contributed by atoms with van der Waals surface area (Å²) in [4.78, 5) is 26.2. The molecule has 3 heterocycles. The number of hydrogen-bond donors (Lipinski definition) is 3. The fourth-order valence-corrected chi connectivity index (χ4v) is 7.98. The van der Waals surface area contributed by atoms with Crippen LogP contribution in [0.15, 0.2) is 73.1 Å². The second-order valence-corrected chi connectivity index (χ2v) is 14.6. The zero-order valence-electron chi connectivity index (χ0n) is 28.9. The molecule has 0 bridgehead atoms. The van der Waals surface area contributed by atoms with Crippen LogP contribution in [-0.2, 0) is 16.8 Å². The van der Waals surface area contributed by atoms with Crippen LogP contribution in [0.25, 0.3) is 22.3 Å². The van der Waals surface area contributed by atoms with Gasteiger partial charge in [0, 0.05) is 62.3 Å². The molecule has 1 saturated carbocycles. The van der Waals surface area contributed by atoms with Crippen molar-refractivity contribution >= 4 is 11.7 Å². The molecule has 9 nitrogen and oxygen atoms in total. The van der Waals surface area contributed by atoms with E-state index in [9.17, 15) is 14.3 Å². The molecule has 50 heavy (non-hydrogen) atoms. The van der Waals surface area contributed by atoms with Gasteiger partial charge in [-0.25, -0.2) is 9.97 Å². The second kappa shape index (κ2) is 14.6. The van der Waals surface area contributed by atoms with Gasteiger partial charge in [-0.1, -0.05) is 56.3 Å². The molecule has 2 fully saturated rings. The third-order valence-corrected chi connectivity index (χ3v) is 10.9. The van der Waals surface area contributed by atoms with Gasteiger partial charge in [0.1, 0.15) is 5.82 Å². The Bertz CT molecular complexity index is 1810. The maximum atomic E-state index is 13.3. The largest absolute Gasteiger partial charge is 0.395 e. The quantitative estimate of drug-likeness (QED) is 0.182. The molecule has 262 valence electrons. The molecule has 7 rings (SSSR count). The van der Waals surface area contributed by atoms with Crippen LogP contribution < -0.4 is 11.1 Å². The summed E-state index contributed by atoms with van der Waals surface area (Å²) < 4.78 is 19.7. The number of ether oxygens (including phenoxy) is 1. The SMILES string of the molecule is CC1(C)C[C@@H](N2CCN(CCO)CC2)c2ccc(-c3ccc(CO[C@H]4CCC[C@@H]4NC(=O)c4cc(-c5ccc(F)nc5)cnc4N)cc3)cc21. The number of pyridine rings is 2. The van der Waals surface area contributed by atoms with Gasteiger partial charge < -0.3 is 20.9 Å². The second-order valence-electron chi connectivity index (χ2n) is 14.6. The van der Waals surface area contributed by atoms with Crippen molar-refractivity contribution in [2.45, 2.75) is 69.7 Å². The molecule has 2 aliphatic carbocycles. The average Bonchev–Trinajstić information content (AvgIpc) is 3.68. The summed E-state index contributed by atoms with van der Waals surface area (Å²) in [5.41, 5.74) is 14.1. The van der Waals surface area contributed by atoms with Crippen molar-refractivity contribution in [3.8, 4) is 22.3 Å². The number of nitrogens with one attached hydrogen (secondary N) is 1.